The summed E-state index contributed by atoms with van der Waals surface area (Å²) >= 11 is 0. The van der Waals surface area contributed by atoms with Gasteiger partial charge in [0.25, 0.3) is 5.69 Å². The van der Waals surface area contributed by atoms with Gasteiger partial charge < -0.3 is 20.1 Å². The van der Waals surface area contributed by atoms with E-state index in [1.165, 1.54) is 31.5 Å². The third-order valence-corrected chi connectivity index (χ3v) is 3.83. The van der Waals surface area contributed by atoms with Crippen molar-refractivity contribution in [3.8, 4) is 5.75 Å². The van der Waals surface area contributed by atoms with Gasteiger partial charge in [-0.2, -0.15) is 0 Å². The van der Waals surface area contributed by atoms with E-state index in [0.717, 1.165) is 0 Å². The number of carbonyl (C=O) groups is 1. The van der Waals surface area contributed by atoms with Gasteiger partial charge in [-0.1, -0.05) is 0 Å². The van der Waals surface area contributed by atoms with Gasteiger partial charge in [-0.05, 0) is 26.8 Å². The molecule has 1 aliphatic rings. The Bertz CT molecular complexity index is 795. The number of non-ortho nitro benzene ring substituents is 1. The molecule has 0 aliphatic carbocycles. The lowest BCUT2D eigenvalue weighted by Gasteiger charge is -2.31. The molecule has 1 aromatic rings. The van der Waals surface area contributed by atoms with Crippen LogP contribution in [0.3, 0.4) is 0 Å². The van der Waals surface area contributed by atoms with Crippen LogP contribution < -0.4 is 10.5 Å². The summed E-state index contributed by atoms with van der Waals surface area (Å²) in [5.74, 6) is 0.416. The van der Waals surface area contributed by atoms with E-state index in [1.54, 1.807) is 25.7 Å². The Morgan fingerprint density at radius 1 is 1.41 bits per heavy atom. The maximum Gasteiger partial charge on any atom is 0.410 e. The second kappa shape index (κ2) is 8.07. The molecular formula is C18H24N4O5. The number of hydrogen-bond donors (Lipinski definition) is 1. The Morgan fingerprint density at radius 3 is 2.67 bits per heavy atom. The maximum atomic E-state index is 12.3. The highest BCUT2D eigenvalue weighted by Crippen LogP contribution is 2.33. The first-order chi connectivity index (χ1) is 12.6. The fourth-order valence-electron chi connectivity index (χ4n) is 2.56. The fourth-order valence-corrected chi connectivity index (χ4v) is 2.56. The molecule has 0 atom stereocenters. The molecule has 1 fully saturated rings. The summed E-state index contributed by atoms with van der Waals surface area (Å²) in [5, 5.41) is 11.0. The van der Waals surface area contributed by atoms with Crippen LogP contribution in [0.2, 0.25) is 0 Å². The van der Waals surface area contributed by atoms with E-state index in [2.05, 4.69) is 4.99 Å². The summed E-state index contributed by atoms with van der Waals surface area (Å²) in [5.41, 5.74) is 6.69. The minimum absolute atomic E-state index is 0.0837. The second-order valence-corrected chi connectivity index (χ2v) is 7.02. The Hall–Kier alpha value is -3.10. The van der Waals surface area contributed by atoms with Gasteiger partial charge in [0.1, 0.15) is 17.0 Å². The number of rotatable bonds is 3. The minimum Gasteiger partial charge on any atom is -0.494 e. The SMILES string of the molecule is COc1ccc([N+](=O)[O-])cc1N=C1CCN(C(=O)OC(C)(C)C)CC1=CN. The Labute approximate surface area is 157 Å². The summed E-state index contributed by atoms with van der Waals surface area (Å²) in [6.07, 6.45) is 1.40. The molecule has 1 heterocycles. The van der Waals surface area contributed by atoms with Crippen LogP contribution in [0.4, 0.5) is 16.2 Å². The standard InChI is InChI=1S/C18H24N4O5/c1-18(2,3)27-17(23)21-8-7-14(12(10-19)11-21)20-15-9-13(22(24)25)5-6-16(15)26-4/h5-6,9-10H,7-8,11,19H2,1-4H3. The zero-order valence-corrected chi connectivity index (χ0v) is 15.9. The lowest BCUT2D eigenvalue weighted by atomic mass is 10.0. The van der Waals surface area contributed by atoms with E-state index >= 15 is 0 Å². The fraction of sp³-hybridized carbons (Fsp3) is 0.444. The molecule has 0 aromatic heterocycles. The molecule has 0 unspecified atom stereocenters. The molecule has 1 aliphatic heterocycles. The molecule has 1 amide bonds. The first kappa shape index (κ1) is 20.2. The van der Waals surface area contributed by atoms with Gasteiger partial charge in [-0.3, -0.25) is 10.1 Å². The molecule has 2 rings (SSSR count). The number of carbonyl (C=O) groups excluding carboxylic acids is 1. The molecular weight excluding hydrogens is 352 g/mol. The van der Waals surface area contributed by atoms with Gasteiger partial charge in [-0.15, -0.1) is 0 Å². The van der Waals surface area contributed by atoms with Crippen molar-refractivity contribution in [3.63, 3.8) is 0 Å². The van der Waals surface area contributed by atoms with E-state index in [-0.39, 0.29) is 12.2 Å². The highest BCUT2D eigenvalue weighted by molar-refractivity contribution is 6.03. The summed E-state index contributed by atoms with van der Waals surface area (Å²) < 4.78 is 10.6. The number of amides is 1. The number of likely N-dealkylation sites (tertiary alicyclic amines) is 1. The molecule has 2 N–H and O–H groups in total. The highest BCUT2D eigenvalue weighted by Gasteiger charge is 2.28. The minimum atomic E-state index is -0.589. The van der Waals surface area contributed by atoms with Crippen molar-refractivity contribution in [3.05, 3.63) is 40.1 Å². The zero-order chi connectivity index (χ0) is 20.2. The first-order valence-corrected chi connectivity index (χ1v) is 8.43. The molecule has 9 heteroatoms. The van der Waals surface area contributed by atoms with Crippen molar-refractivity contribution >= 4 is 23.2 Å². The van der Waals surface area contributed by atoms with Crippen molar-refractivity contribution in [2.75, 3.05) is 20.2 Å². The number of aliphatic imine (C=N–C) groups is 1. The summed E-state index contributed by atoms with van der Waals surface area (Å²) in [6.45, 7) is 6.06. The van der Waals surface area contributed by atoms with Crippen LogP contribution in [0, 0.1) is 10.1 Å². The first-order valence-electron chi connectivity index (χ1n) is 8.43. The quantitative estimate of drug-likeness (QED) is 0.639. The lowest BCUT2D eigenvalue weighted by Crippen LogP contribution is -2.43. The van der Waals surface area contributed by atoms with E-state index < -0.39 is 16.6 Å². The largest absolute Gasteiger partial charge is 0.494 e. The molecule has 0 bridgehead atoms. The number of nitro benzene ring substituents is 1. The van der Waals surface area contributed by atoms with Crippen LogP contribution in [0.15, 0.2) is 35.0 Å². The van der Waals surface area contributed by atoms with Crippen molar-refractivity contribution in [1.82, 2.24) is 4.90 Å². The summed E-state index contributed by atoms with van der Waals surface area (Å²) in [7, 11) is 1.47. The number of nitrogens with zero attached hydrogens (tertiary/aromatic N) is 3. The van der Waals surface area contributed by atoms with Crippen molar-refractivity contribution < 1.29 is 19.2 Å². The molecule has 0 spiro atoms. The summed E-state index contributed by atoms with van der Waals surface area (Å²) in [4.78, 5) is 28.9. The van der Waals surface area contributed by atoms with E-state index in [4.69, 9.17) is 15.2 Å². The van der Waals surface area contributed by atoms with E-state index in [1.807, 2.05) is 0 Å². The Morgan fingerprint density at radius 2 is 2.11 bits per heavy atom. The number of methoxy groups -OCH3 is 1. The predicted octanol–water partition coefficient (Wildman–Crippen LogP) is 3.16. The number of benzene rings is 1. The third-order valence-electron chi connectivity index (χ3n) is 3.83. The van der Waals surface area contributed by atoms with Gasteiger partial charge >= 0.3 is 6.09 Å². The molecule has 27 heavy (non-hydrogen) atoms. The molecule has 146 valence electrons. The highest BCUT2D eigenvalue weighted by atomic mass is 16.6. The van der Waals surface area contributed by atoms with Crippen molar-refractivity contribution in [2.24, 2.45) is 10.7 Å². The topological polar surface area (TPSA) is 120 Å². The van der Waals surface area contributed by atoms with Crippen LogP contribution in [0.5, 0.6) is 5.75 Å². The number of piperidine rings is 1. The van der Waals surface area contributed by atoms with Crippen molar-refractivity contribution in [2.45, 2.75) is 32.8 Å². The van der Waals surface area contributed by atoms with Crippen LogP contribution in [-0.4, -0.2) is 47.4 Å². The predicted molar refractivity (Wildman–Crippen MR) is 101 cm³/mol. The molecule has 0 radical (unpaired) electrons. The molecule has 1 saturated heterocycles. The van der Waals surface area contributed by atoms with Crippen LogP contribution in [0.25, 0.3) is 0 Å². The maximum absolute atomic E-state index is 12.3. The van der Waals surface area contributed by atoms with Crippen LogP contribution >= 0.6 is 0 Å². The monoisotopic (exact) mass is 376 g/mol. The van der Waals surface area contributed by atoms with Gasteiger partial charge in [-0.25, -0.2) is 9.79 Å². The second-order valence-electron chi connectivity index (χ2n) is 7.02. The lowest BCUT2D eigenvalue weighted by molar-refractivity contribution is -0.384. The van der Waals surface area contributed by atoms with Gasteiger partial charge in [0.05, 0.1) is 18.6 Å². The Balaban J connectivity index is 2.27. The van der Waals surface area contributed by atoms with E-state index in [9.17, 15) is 14.9 Å². The average Bonchev–Trinajstić information content (AvgIpc) is 2.60. The number of ether oxygens (including phenoxy) is 2. The average molecular weight is 376 g/mol. The van der Waals surface area contributed by atoms with Crippen LogP contribution in [0.1, 0.15) is 27.2 Å². The number of nitro groups is 1. The van der Waals surface area contributed by atoms with E-state index in [0.29, 0.717) is 35.7 Å². The third kappa shape index (κ3) is 5.19. The van der Waals surface area contributed by atoms with Crippen molar-refractivity contribution in [1.29, 1.82) is 0 Å². The van der Waals surface area contributed by atoms with Gasteiger partial charge in [0.15, 0.2) is 0 Å². The molecule has 0 saturated carbocycles. The smallest absolute Gasteiger partial charge is 0.410 e. The zero-order valence-electron chi connectivity index (χ0n) is 15.9. The van der Waals surface area contributed by atoms with Crippen LogP contribution in [-0.2, 0) is 4.74 Å². The normalized spacial score (nSPS) is 17.9. The number of nitrogens with two attached hydrogens (primary N) is 1. The molecule has 9 nitrogen and oxygen atoms in total. The van der Waals surface area contributed by atoms with Gasteiger partial charge in [0.2, 0.25) is 0 Å². The summed E-state index contributed by atoms with van der Waals surface area (Å²) in [6, 6.07) is 4.20. The Kier molecular flexibility index (Phi) is 6.04. The number of hydrogen-bond acceptors (Lipinski definition) is 7. The molecule has 1 aromatic carbocycles. The van der Waals surface area contributed by atoms with Gasteiger partial charge in [0, 0.05) is 42.6 Å².